The van der Waals surface area contributed by atoms with Gasteiger partial charge in [-0.3, -0.25) is 0 Å². The SMILES string of the molecule is CCNC(c1cc(F)ccc1C)c1cc(Br)sc1Br. The van der Waals surface area contributed by atoms with E-state index in [1.165, 1.54) is 6.07 Å². The Kier molecular flexibility index (Phi) is 5.17. The van der Waals surface area contributed by atoms with E-state index < -0.39 is 0 Å². The van der Waals surface area contributed by atoms with Crippen molar-refractivity contribution < 1.29 is 4.39 Å². The van der Waals surface area contributed by atoms with E-state index in [2.05, 4.69) is 50.2 Å². The van der Waals surface area contributed by atoms with Gasteiger partial charge in [0.25, 0.3) is 0 Å². The van der Waals surface area contributed by atoms with Crippen LogP contribution in [-0.4, -0.2) is 6.54 Å². The highest BCUT2D eigenvalue weighted by molar-refractivity contribution is 9.12. The van der Waals surface area contributed by atoms with Crippen LogP contribution in [0.15, 0.2) is 31.8 Å². The zero-order chi connectivity index (χ0) is 14.0. The monoisotopic (exact) mass is 405 g/mol. The normalized spacial score (nSPS) is 12.7. The van der Waals surface area contributed by atoms with Gasteiger partial charge >= 0.3 is 0 Å². The second-order valence-corrected chi connectivity index (χ2v) is 8.02. The molecule has 2 aromatic rings. The second kappa shape index (κ2) is 6.48. The van der Waals surface area contributed by atoms with Gasteiger partial charge in [-0.25, -0.2) is 4.39 Å². The first-order chi connectivity index (χ1) is 9.02. The molecule has 0 bridgehead atoms. The number of hydrogen-bond acceptors (Lipinski definition) is 2. The average Bonchev–Trinajstić information content (AvgIpc) is 2.69. The van der Waals surface area contributed by atoms with E-state index in [1.54, 1.807) is 17.4 Å². The lowest BCUT2D eigenvalue weighted by Gasteiger charge is -2.20. The molecule has 0 fully saturated rings. The Labute approximate surface area is 133 Å². The molecule has 0 saturated heterocycles. The number of benzene rings is 1. The van der Waals surface area contributed by atoms with Gasteiger partial charge in [-0.2, -0.15) is 0 Å². The number of aryl methyl sites for hydroxylation is 1. The quantitative estimate of drug-likeness (QED) is 0.714. The van der Waals surface area contributed by atoms with Crippen LogP contribution in [0.4, 0.5) is 4.39 Å². The number of nitrogens with one attached hydrogen (secondary N) is 1. The third-order valence-electron chi connectivity index (χ3n) is 2.95. The molecule has 1 unspecified atom stereocenters. The molecule has 0 aliphatic carbocycles. The molecule has 1 aromatic carbocycles. The number of thiophene rings is 1. The molecule has 0 amide bonds. The van der Waals surface area contributed by atoms with Crippen molar-refractivity contribution >= 4 is 43.2 Å². The number of hydrogen-bond donors (Lipinski definition) is 1. The molecule has 1 atom stereocenters. The minimum atomic E-state index is -0.200. The highest BCUT2D eigenvalue weighted by atomic mass is 79.9. The maximum atomic E-state index is 13.5. The van der Waals surface area contributed by atoms with Crippen LogP contribution in [0, 0.1) is 12.7 Å². The summed E-state index contributed by atoms with van der Waals surface area (Å²) in [6.07, 6.45) is 0. The third kappa shape index (κ3) is 3.45. The minimum absolute atomic E-state index is 0.00220. The van der Waals surface area contributed by atoms with Gasteiger partial charge in [0.15, 0.2) is 0 Å². The second-order valence-electron chi connectivity index (χ2n) is 4.27. The van der Waals surface area contributed by atoms with E-state index in [0.29, 0.717) is 0 Å². The van der Waals surface area contributed by atoms with E-state index in [9.17, 15) is 4.39 Å². The lowest BCUT2D eigenvalue weighted by molar-refractivity contribution is 0.600. The standard InChI is InChI=1S/C14H14Br2FNS/c1-3-18-13(11-7-12(15)19-14(11)16)10-6-9(17)5-4-8(10)2/h4-7,13,18H,3H2,1-2H3. The first kappa shape index (κ1) is 15.2. The lowest BCUT2D eigenvalue weighted by Crippen LogP contribution is -2.22. The number of rotatable bonds is 4. The summed E-state index contributed by atoms with van der Waals surface area (Å²) in [6, 6.07) is 7.01. The summed E-state index contributed by atoms with van der Waals surface area (Å²) in [6.45, 7) is 4.88. The van der Waals surface area contributed by atoms with E-state index >= 15 is 0 Å². The van der Waals surface area contributed by atoms with Crippen LogP contribution >= 0.6 is 43.2 Å². The predicted octanol–water partition coefficient (Wildman–Crippen LogP) is 5.42. The van der Waals surface area contributed by atoms with Crippen LogP contribution in [0.25, 0.3) is 0 Å². The molecular weight excluding hydrogens is 393 g/mol. The van der Waals surface area contributed by atoms with Crippen molar-refractivity contribution in [1.29, 1.82) is 0 Å². The van der Waals surface area contributed by atoms with Gasteiger partial charge in [-0.1, -0.05) is 13.0 Å². The molecule has 1 aromatic heterocycles. The smallest absolute Gasteiger partial charge is 0.123 e. The van der Waals surface area contributed by atoms with Crippen molar-refractivity contribution in [3.05, 3.63) is 54.3 Å². The topological polar surface area (TPSA) is 12.0 Å². The fourth-order valence-electron chi connectivity index (χ4n) is 2.06. The molecule has 0 saturated carbocycles. The molecule has 0 aliphatic heterocycles. The largest absolute Gasteiger partial charge is 0.306 e. The van der Waals surface area contributed by atoms with Gasteiger partial charge in [0.2, 0.25) is 0 Å². The molecule has 1 heterocycles. The maximum Gasteiger partial charge on any atom is 0.123 e. The zero-order valence-electron chi connectivity index (χ0n) is 10.6. The summed E-state index contributed by atoms with van der Waals surface area (Å²) < 4.78 is 15.6. The van der Waals surface area contributed by atoms with Crippen LogP contribution < -0.4 is 5.32 Å². The summed E-state index contributed by atoms with van der Waals surface area (Å²) in [5.74, 6) is -0.200. The van der Waals surface area contributed by atoms with Crippen molar-refractivity contribution in [3.8, 4) is 0 Å². The Bertz CT molecular complexity index is 583. The van der Waals surface area contributed by atoms with Crippen LogP contribution in [0.2, 0.25) is 0 Å². The molecule has 1 nitrogen and oxygen atoms in total. The predicted molar refractivity (Wildman–Crippen MR) is 86.4 cm³/mol. The van der Waals surface area contributed by atoms with Gasteiger partial charge in [0, 0.05) is 0 Å². The van der Waals surface area contributed by atoms with Crippen molar-refractivity contribution in [2.24, 2.45) is 0 Å². The van der Waals surface area contributed by atoms with Crippen LogP contribution in [0.3, 0.4) is 0 Å². The van der Waals surface area contributed by atoms with Crippen molar-refractivity contribution in [2.75, 3.05) is 6.54 Å². The Balaban J connectivity index is 2.51. The van der Waals surface area contributed by atoms with Gasteiger partial charge < -0.3 is 5.32 Å². The van der Waals surface area contributed by atoms with Crippen LogP contribution in [0.1, 0.15) is 29.7 Å². The fraction of sp³-hybridized carbons (Fsp3) is 0.286. The highest BCUT2D eigenvalue weighted by Gasteiger charge is 2.20. The zero-order valence-corrected chi connectivity index (χ0v) is 14.6. The van der Waals surface area contributed by atoms with Crippen molar-refractivity contribution in [2.45, 2.75) is 19.9 Å². The van der Waals surface area contributed by atoms with Gasteiger partial charge in [-0.15, -0.1) is 11.3 Å². The Hall–Kier alpha value is -0.230. The highest BCUT2D eigenvalue weighted by Crippen LogP contribution is 2.38. The molecule has 0 radical (unpaired) electrons. The molecule has 19 heavy (non-hydrogen) atoms. The first-order valence-corrected chi connectivity index (χ1v) is 8.37. The summed E-state index contributed by atoms with van der Waals surface area (Å²) >= 11 is 8.71. The molecule has 0 spiro atoms. The molecular formula is C14H14Br2FNS. The molecule has 0 aliphatic rings. The van der Waals surface area contributed by atoms with Gasteiger partial charge in [-0.05, 0) is 80.2 Å². The molecule has 1 N–H and O–H groups in total. The summed E-state index contributed by atoms with van der Waals surface area (Å²) in [4.78, 5) is 0. The van der Waals surface area contributed by atoms with Gasteiger partial charge in [0.1, 0.15) is 5.82 Å². The average molecular weight is 407 g/mol. The van der Waals surface area contributed by atoms with E-state index in [0.717, 1.165) is 30.8 Å². The van der Waals surface area contributed by atoms with Crippen LogP contribution in [0.5, 0.6) is 0 Å². The summed E-state index contributed by atoms with van der Waals surface area (Å²) in [5.41, 5.74) is 3.20. The Morgan fingerprint density at radius 1 is 1.26 bits per heavy atom. The van der Waals surface area contributed by atoms with Gasteiger partial charge in [0.05, 0.1) is 13.6 Å². The molecule has 5 heteroatoms. The Morgan fingerprint density at radius 2 is 2.00 bits per heavy atom. The van der Waals surface area contributed by atoms with Crippen LogP contribution in [-0.2, 0) is 0 Å². The fourth-order valence-corrected chi connectivity index (χ4v) is 4.97. The third-order valence-corrected chi connectivity index (χ3v) is 5.34. The summed E-state index contributed by atoms with van der Waals surface area (Å²) in [7, 11) is 0. The minimum Gasteiger partial charge on any atom is -0.306 e. The molecule has 2 rings (SSSR count). The Morgan fingerprint density at radius 3 is 2.58 bits per heavy atom. The summed E-state index contributed by atoms with van der Waals surface area (Å²) in [5, 5.41) is 3.43. The van der Waals surface area contributed by atoms with Crippen molar-refractivity contribution in [1.82, 2.24) is 5.32 Å². The van der Waals surface area contributed by atoms with E-state index in [-0.39, 0.29) is 11.9 Å². The molecule has 102 valence electrons. The van der Waals surface area contributed by atoms with E-state index in [4.69, 9.17) is 0 Å². The van der Waals surface area contributed by atoms with E-state index in [1.807, 2.05) is 13.0 Å². The first-order valence-electron chi connectivity index (χ1n) is 5.97. The van der Waals surface area contributed by atoms with Crippen molar-refractivity contribution in [3.63, 3.8) is 0 Å². The maximum absolute atomic E-state index is 13.5. The number of halogens is 3. The lowest BCUT2D eigenvalue weighted by atomic mass is 9.96.